The van der Waals surface area contributed by atoms with Crippen molar-refractivity contribution >= 4 is 40.5 Å². The third kappa shape index (κ3) is 2.59. The van der Waals surface area contributed by atoms with Crippen molar-refractivity contribution in [1.29, 1.82) is 0 Å². The molecule has 0 fully saturated rings. The molecule has 0 saturated carbocycles. The minimum absolute atomic E-state index is 0.109. The van der Waals surface area contributed by atoms with Crippen molar-refractivity contribution in [2.75, 3.05) is 17.2 Å². The van der Waals surface area contributed by atoms with Crippen molar-refractivity contribution in [1.82, 2.24) is 0 Å². The number of halogens is 2. The highest BCUT2D eigenvalue weighted by molar-refractivity contribution is 6.40. The second kappa shape index (κ2) is 5.58. The van der Waals surface area contributed by atoms with E-state index in [2.05, 4.69) is 10.6 Å². The summed E-state index contributed by atoms with van der Waals surface area (Å²) in [6, 6.07) is 11.4. The molecule has 5 heteroatoms. The molecule has 2 aromatic rings. The summed E-state index contributed by atoms with van der Waals surface area (Å²) in [5.74, 6) is -0.351. The van der Waals surface area contributed by atoms with Gasteiger partial charge < -0.3 is 10.6 Å². The Morgan fingerprint density at radius 3 is 2.81 bits per heavy atom. The van der Waals surface area contributed by atoms with E-state index in [4.69, 9.17) is 23.2 Å². The average molecular weight is 321 g/mol. The van der Waals surface area contributed by atoms with Crippen LogP contribution in [0.5, 0.6) is 0 Å². The Morgan fingerprint density at radius 1 is 1.24 bits per heavy atom. The maximum Gasteiger partial charge on any atom is 0.233 e. The van der Waals surface area contributed by atoms with Gasteiger partial charge in [0.1, 0.15) is 0 Å². The zero-order valence-corrected chi connectivity index (χ0v) is 12.9. The molecule has 1 aliphatic heterocycles. The van der Waals surface area contributed by atoms with E-state index in [0.29, 0.717) is 22.3 Å². The number of carbonyl (C=O) groups excluding carboxylic acids is 1. The molecule has 0 saturated heterocycles. The van der Waals surface area contributed by atoms with E-state index in [-0.39, 0.29) is 11.8 Å². The first-order valence-electron chi connectivity index (χ1n) is 6.66. The number of anilines is 2. The number of carbonyl (C=O) groups is 1. The minimum atomic E-state index is -0.242. The summed E-state index contributed by atoms with van der Waals surface area (Å²) in [5.41, 5.74) is 3.35. The van der Waals surface area contributed by atoms with Crippen molar-refractivity contribution in [3.63, 3.8) is 0 Å². The Kier molecular flexibility index (Phi) is 3.79. The fourth-order valence-electron chi connectivity index (χ4n) is 2.50. The molecule has 21 heavy (non-hydrogen) atoms. The van der Waals surface area contributed by atoms with E-state index in [0.717, 1.165) is 16.8 Å². The molecule has 0 bridgehead atoms. The van der Waals surface area contributed by atoms with E-state index < -0.39 is 0 Å². The summed E-state index contributed by atoms with van der Waals surface area (Å²) in [5, 5.41) is 7.01. The van der Waals surface area contributed by atoms with Crippen LogP contribution in [0.3, 0.4) is 0 Å². The maximum absolute atomic E-state index is 12.5. The number of nitrogens with one attached hydrogen (secondary N) is 2. The lowest BCUT2D eigenvalue weighted by atomic mass is 10.0. The van der Waals surface area contributed by atoms with Gasteiger partial charge in [-0.25, -0.2) is 0 Å². The van der Waals surface area contributed by atoms with Gasteiger partial charge in [-0.3, -0.25) is 4.79 Å². The van der Waals surface area contributed by atoms with Gasteiger partial charge in [0.25, 0.3) is 0 Å². The molecule has 0 spiro atoms. The van der Waals surface area contributed by atoms with E-state index in [9.17, 15) is 4.79 Å². The highest BCUT2D eigenvalue weighted by atomic mass is 35.5. The second-order valence-corrected chi connectivity index (χ2v) is 5.85. The first-order chi connectivity index (χ1) is 10.1. The fraction of sp³-hybridized carbons (Fsp3) is 0.188. The molecule has 1 aliphatic rings. The molecule has 1 unspecified atom stereocenters. The molecule has 1 heterocycles. The molecule has 0 aliphatic carbocycles. The van der Waals surface area contributed by atoms with Crippen LogP contribution in [0.2, 0.25) is 10.0 Å². The number of fused-ring (bicyclic) bond motifs is 1. The fourth-order valence-corrected chi connectivity index (χ4v) is 2.96. The van der Waals surface area contributed by atoms with Crippen LogP contribution >= 0.6 is 23.2 Å². The third-order valence-corrected chi connectivity index (χ3v) is 4.48. The predicted octanol–water partition coefficient (Wildman–Crippen LogP) is 4.45. The zero-order valence-electron chi connectivity index (χ0n) is 11.4. The molecule has 2 N–H and O–H groups in total. The van der Waals surface area contributed by atoms with Gasteiger partial charge in [0.15, 0.2) is 0 Å². The summed E-state index contributed by atoms with van der Waals surface area (Å²) < 4.78 is 0. The molecule has 0 aromatic heterocycles. The van der Waals surface area contributed by atoms with Gasteiger partial charge in [-0.05, 0) is 30.2 Å². The van der Waals surface area contributed by atoms with Gasteiger partial charge in [0.05, 0.1) is 21.7 Å². The van der Waals surface area contributed by atoms with Crippen LogP contribution in [-0.4, -0.2) is 12.5 Å². The standard InChI is InChI=1S/C16H14Cl2N2O/c1-9-6-7-12(17)15(14(9)18)20-16(21)11-8-19-13-5-3-2-4-10(11)13/h2-7,11,19H,8H2,1H3,(H,20,21). The Morgan fingerprint density at radius 2 is 2.00 bits per heavy atom. The number of rotatable bonds is 2. The van der Waals surface area contributed by atoms with E-state index in [1.165, 1.54) is 0 Å². The summed E-state index contributed by atoms with van der Waals surface area (Å²) >= 11 is 12.4. The Bertz CT molecular complexity index is 715. The third-order valence-electron chi connectivity index (χ3n) is 3.68. The van der Waals surface area contributed by atoms with Crippen molar-refractivity contribution in [3.05, 3.63) is 57.6 Å². The summed E-state index contributed by atoms with van der Waals surface area (Å²) in [6.45, 7) is 2.45. The Labute approximate surface area is 133 Å². The van der Waals surface area contributed by atoms with E-state index in [1.807, 2.05) is 37.3 Å². The highest BCUT2D eigenvalue weighted by Gasteiger charge is 2.29. The number of aryl methyl sites for hydroxylation is 1. The smallest absolute Gasteiger partial charge is 0.233 e. The topological polar surface area (TPSA) is 41.1 Å². The summed E-state index contributed by atoms with van der Waals surface area (Å²) in [6.07, 6.45) is 0. The molecule has 3 rings (SSSR count). The van der Waals surface area contributed by atoms with Gasteiger partial charge in [-0.15, -0.1) is 0 Å². The monoisotopic (exact) mass is 320 g/mol. The van der Waals surface area contributed by atoms with Crippen molar-refractivity contribution < 1.29 is 4.79 Å². The van der Waals surface area contributed by atoms with Crippen LogP contribution in [0.1, 0.15) is 17.0 Å². The first-order valence-corrected chi connectivity index (χ1v) is 7.42. The SMILES string of the molecule is Cc1ccc(Cl)c(NC(=O)C2CNc3ccccc32)c1Cl. The lowest BCUT2D eigenvalue weighted by Gasteiger charge is -2.14. The molecule has 3 nitrogen and oxygen atoms in total. The molecular weight excluding hydrogens is 307 g/mol. The molecule has 2 aromatic carbocycles. The van der Waals surface area contributed by atoms with Crippen LogP contribution in [-0.2, 0) is 4.79 Å². The average Bonchev–Trinajstić information content (AvgIpc) is 2.91. The molecular formula is C16H14Cl2N2O. The first kappa shape index (κ1) is 14.2. The Hall–Kier alpha value is -1.71. The predicted molar refractivity (Wildman–Crippen MR) is 87.5 cm³/mol. The quantitative estimate of drug-likeness (QED) is 0.858. The lowest BCUT2D eigenvalue weighted by Crippen LogP contribution is -2.23. The number of hydrogen-bond donors (Lipinski definition) is 2. The van der Waals surface area contributed by atoms with E-state index >= 15 is 0 Å². The second-order valence-electron chi connectivity index (χ2n) is 5.06. The van der Waals surface area contributed by atoms with Crippen LogP contribution < -0.4 is 10.6 Å². The van der Waals surface area contributed by atoms with Gasteiger partial charge >= 0.3 is 0 Å². The van der Waals surface area contributed by atoms with Crippen LogP contribution in [0.4, 0.5) is 11.4 Å². The molecule has 108 valence electrons. The summed E-state index contributed by atoms with van der Waals surface area (Å²) in [4.78, 5) is 12.5. The van der Waals surface area contributed by atoms with Gasteiger partial charge in [-0.2, -0.15) is 0 Å². The number of benzene rings is 2. The summed E-state index contributed by atoms with van der Waals surface area (Å²) in [7, 11) is 0. The van der Waals surface area contributed by atoms with Gasteiger partial charge in [-0.1, -0.05) is 47.5 Å². The minimum Gasteiger partial charge on any atom is -0.384 e. The maximum atomic E-state index is 12.5. The van der Waals surface area contributed by atoms with Crippen molar-refractivity contribution in [3.8, 4) is 0 Å². The molecule has 0 radical (unpaired) electrons. The van der Waals surface area contributed by atoms with Gasteiger partial charge in [0, 0.05) is 12.2 Å². The normalized spacial score (nSPS) is 16.2. The highest BCUT2D eigenvalue weighted by Crippen LogP contribution is 2.36. The van der Waals surface area contributed by atoms with Gasteiger partial charge in [0.2, 0.25) is 5.91 Å². The number of para-hydroxylation sites is 1. The van der Waals surface area contributed by atoms with Crippen LogP contribution in [0.25, 0.3) is 0 Å². The van der Waals surface area contributed by atoms with Crippen molar-refractivity contribution in [2.45, 2.75) is 12.8 Å². The number of amides is 1. The lowest BCUT2D eigenvalue weighted by molar-refractivity contribution is -0.117. The van der Waals surface area contributed by atoms with Crippen LogP contribution in [0, 0.1) is 6.92 Å². The van der Waals surface area contributed by atoms with Crippen LogP contribution in [0.15, 0.2) is 36.4 Å². The van der Waals surface area contributed by atoms with E-state index in [1.54, 1.807) is 6.07 Å². The zero-order chi connectivity index (χ0) is 15.0. The Balaban J connectivity index is 1.87. The molecule has 1 atom stereocenters. The number of hydrogen-bond acceptors (Lipinski definition) is 2. The van der Waals surface area contributed by atoms with Crippen molar-refractivity contribution in [2.24, 2.45) is 0 Å². The molecule has 1 amide bonds. The largest absolute Gasteiger partial charge is 0.384 e.